The second-order valence-electron chi connectivity index (χ2n) is 5.75. The smallest absolute Gasteiger partial charge is 0.266 e. The number of thiocarbonyl (C=S) groups is 1. The van der Waals surface area contributed by atoms with Crippen LogP contribution in [0.1, 0.15) is 11.3 Å². The Hall–Kier alpha value is -2.85. The highest BCUT2D eigenvalue weighted by atomic mass is 32.2. The molecule has 1 aliphatic rings. The molecule has 0 atom stereocenters. The molecule has 1 saturated heterocycles. The van der Waals surface area contributed by atoms with E-state index in [0.717, 1.165) is 17.3 Å². The summed E-state index contributed by atoms with van der Waals surface area (Å²) in [5, 5.41) is 6.25. The second-order valence-corrected chi connectivity index (χ2v) is 7.43. The first-order chi connectivity index (χ1) is 13.4. The molecule has 0 unspecified atom stereocenters. The van der Waals surface area contributed by atoms with Gasteiger partial charge in [-0.1, -0.05) is 35.2 Å². The first-order valence-electron chi connectivity index (χ1n) is 8.12. The predicted octanol–water partition coefficient (Wildman–Crippen LogP) is 2.84. The van der Waals surface area contributed by atoms with E-state index in [1.807, 2.05) is 0 Å². The van der Waals surface area contributed by atoms with E-state index in [9.17, 15) is 9.59 Å². The molecule has 2 heterocycles. The zero-order valence-corrected chi connectivity index (χ0v) is 17.0. The summed E-state index contributed by atoms with van der Waals surface area (Å²) >= 11 is 6.39. The van der Waals surface area contributed by atoms with Gasteiger partial charge >= 0.3 is 0 Å². The fourth-order valence-corrected chi connectivity index (χ4v) is 3.74. The van der Waals surface area contributed by atoms with E-state index in [2.05, 4.69) is 10.5 Å². The van der Waals surface area contributed by atoms with Gasteiger partial charge in [-0.05, 0) is 30.7 Å². The number of carbonyl (C=O) groups is 2. The van der Waals surface area contributed by atoms with Crippen molar-refractivity contribution in [3.8, 4) is 11.5 Å². The molecule has 0 aliphatic carbocycles. The Morgan fingerprint density at radius 1 is 1.32 bits per heavy atom. The predicted molar refractivity (Wildman–Crippen MR) is 109 cm³/mol. The van der Waals surface area contributed by atoms with Gasteiger partial charge in [0.2, 0.25) is 5.91 Å². The highest BCUT2D eigenvalue weighted by Crippen LogP contribution is 2.34. The zero-order valence-electron chi connectivity index (χ0n) is 15.3. The third-order valence-corrected chi connectivity index (χ3v) is 5.15. The van der Waals surface area contributed by atoms with E-state index in [1.54, 1.807) is 44.4 Å². The number of methoxy groups -OCH3 is 2. The minimum atomic E-state index is -0.419. The van der Waals surface area contributed by atoms with Crippen LogP contribution in [0.5, 0.6) is 11.5 Å². The minimum Gasteiger partial charge on any atom is -0.493 e. The van der Waals surface area contributed by atoms with Crippen LogP contribution in [0.3, 0.4) is 0 Å². The van der Waals surface area contributed by atoms with Gasteiger partial charge in [-0.3, -0.25) is 14.5 Å². The number of thioether (sulfide) groups is 1. The van der Waals surface area contributed by atoms with Gasteiger partial charge in [0.1, 0.15) is 16.6 Å². The number of amides is 2. The maximum atomic E-state index is 12.7. The molecule has 1 aliphatic heterocycles. The van der Waals surface area contributed by atoms with Gasteiger partial charge in [0, 0.05) is 6.07 Å². The number of aryl methyl sites for hydroxylation is 1. The molecule has 1 N–H and O–H groups in total. The maximum absolute atomic E-state index is 12.7. The van der Waals surface area contributed by atoms with Crippen LogP contribution >= 0.6 is 24.0 Å². The molecule has 10 heteroatoms. The number of rotatable bonds is 6. The molecule has 1 aromatic carbocycles. The standard InChI is InChI=1S/C18H17N3O5S2/c1-10-6-15(20-26-10)19-16(22)9-21-17(23)14(28-18(21)27)8-11-4-5-12(24-2)13(7-11)25-3/h4-8H,9H2,1-3H3,(H,19,20,22)/b14-8+. The summed E-state index contributed by atoms with van der Waals surface area (Å²) < 4.78 is 15.7. The fourth-order valence-electron chi connectivity index (χ4n) is 2.48. The average Bonchev–Trinajstić information content (AvgIpc) is 3.19. The summed E-state index contributed by atoms with van der Waals surface area (Å²) in [7, 11) is 3.09. The van der Waals surface area contributed by atoms with Gasteiger partial charge in [0.15, 0.2) is 17.3 Å². The SMILES string of the molecule is COc1ccc(/C=C2/SC(=S)N(CC(=O)Nc3cc(C)on3)C2=O)cc1OC. The number of ether oxygens (including phenoxy) is 2. The highest BCUT2D eigenvalue weighted by Gasteiger charge is 2.33. The lowest BCUT2D eigenvalue weighted by Gasteiger charge is -2.13. The van der Waals surface area contributed by atoms with Crippen LogP contribution in [0, 0.1) is 6.92 Å². The van der Waals surface area contributed by atoms with Gasteiger partial charge < -0.3 is 19.3 Å². The number of aromatic nitrogens is 1. The fraction of sp³-hybridized carbons (Fsp3) is 0.222. The van der Waals surface area contributed by atoms with Crippen LogP contribution < -0.4 is 14.8 Å². The van der Waals surface area contributed by atoms with E-state index in [-0.39, 0.29) is 18.3 Å². The molecule has 8 nitrogen and oxygen atoms in total. The Bertz CT molecular complexity index is 970. The molecule has 3 rings (SSSR count). The molecule has 0 radical (unpaired) electrons. The molecule has 2 aromatic rings. The highest BCUT2D eigenvalue weighted by molar-refractivity contribution is 8.26. The monoisotopic (exact) mass is 419 g/mol. The van der Waals surface area contributed by atoms with Gasteiger partial charge in [0.25, 0.3) is 5.91 Å². The molecule has 1 aromatic heterocycles. The van der Waals surface area contributed by atoms with E-state index < -0.39 is 5.91 Å². The van der Waals surface area contributed by atoms with Crippen molar-refractivity contribution < 1.29 is 23.6 Å². The maximum Gasteiger partial charge on any atom is 0.266 e. The molecule has 1 fully saturated rings. The van der Waals surface area contributed by atoms with Crippen molar-refractivity contribution in [2.45, 2.75) is 6.92 Å². The summed E-state index contributed by atoms with van der Waals surface area (Å²) in [5.41, 5.74) is 0.751. The number of hydrogen-bond donors (Lipinski definition) is 1. The average molecular weight is 419 g/mol. The molecule has 28 heavy (non-hydrogen) atoms. The van der Waals surface area contributed by atoms with E-state index in [0.29, 0.717) is 26.5 Å². The zero-order chi connectivity index (χ0) is 20.3. The Balaban J connectivity index is 1.72. The number of nitrogens with zero attached hydrogens (tertiary/aromatic N) is 2. The van der Waals surface area contributed by atoms with Gasteiger partial charge in [-0.15, -0.1) is 0 Å². The number of anilines is 1. The van der Waals surface area contributed by atoms with Crippen molar-refractivity contribution in [1.82, 2.24) is 10.1 Å². The topological polar surface area (TPSA) is 93.9 Å². The third kappa shape index (κ3) is 4.34. The van der Waals surface area contributed by atoms with Gasteiger partial charge in [-0.2, -0.15) is 0 Å². The summed E-state index contributed by atoms with van der Waals surface area (Å²) in [6, 6.07) is 6.89. The molecule has 0 spiro atoms. The summed E-state index contributed by atoms with van der Waals surface area (Å²) in [6.07, 6.45) is 1.69. The van der Waals surface area contributed by atoms with E-state index >= 15 is 0 Å². The molecular weight excluding hydrogens is 402 g/mol. The van der Waals surface area contributed by atoms with Gasteiger partial charge in [-0.25, -0.2) is 0 Å². The quantitative estimate of drug-likeness (QED) is 0.564. The second kappa shape index (κ2) is 8.44. The largest absolute Gasteiger partial charge is 0.493 e. The molecule has 0 bridgehead atoms. The van der Waals surface area contributed by atoms with E-state index in [4.69, 9.17) is 26.2 Å². The molecule has 146 valence electrons. The summed E-state index contributed by atoms with van der Waals surface area (Å²) in [5.74, 6) is 1.24. The molecule has 2 amide bonds. The Labute approximate surface area is 170 Å². The summed E-state index contributed by atoms with van der Waals surface area (Å²) in [6.45, 7) is 1.50. The Kier molecular flexibility index (Phi) is 6.00. The number of hydrogen-bond acceptors (Lipinski definition) is 8. The lowest BCUT2D eigenvalue weighted by atomic mass is 10.2. The number of carbonyl (C=O) groups excluding carboxylic acids is 2. The van der Waals surface area contributed by atoms with E-state index in [1.165, 1.54) is 12.0 Å². The van der Waals surface area contributed by atoms with Crippen molar-refractivity contribution in [1.29, 1.82) is 0 Å². The van der Waals surface area contributed by atoms with Crippen molar-refractivity contribution in [3.63, 3.8) is 0 Å². The van der Waals surface area contributed by atoms with Crippen molar-refractivity contribution >= 4 is 52.0 Å². The lowest BCUT2D eigenvalue weighted by Crippen LogP contribution is -2.36. The third-order valence-electron chi connectivity index (χ3n) is 3.78. The van der Waals surface area contributed by atoms with Crippen LogP contribution in [0.25, 0.3) is 6.08 Å². The Morgan fingerprint density at radius 3 is 2.71 bits per heavy atom. The normalized spacial score (nSPS) is 15.2. The Morgan fingerprint density at radius 2 is 2.07 bits per heavy atom. The van der Waals surface area contributed by atoms with Gasteiger partial charge in [0.05, 0.1) is 19.1 Å². The molecule has 0 saturated carbocycles. The van der Waals surface area contributed by atoms with Crippen LogP contribution in [0.4, 0.5) is 5.82 Å². The van der Waals surface area contributed by atoms with Crippen LogP contribution in [0.2, 0.25) is 0 Å². The van der Waals surface area contributed by atoms with Crippen LogP contribution in [0.15, 0.2) is 33.7 Å². The van der Waals surface area contributed by atoms with Crippen molar-refractivity contribution in [2.24, 2.45) is 0 Å². The summed E-state index contributed by atoms with van der Waals surface area (Å²) in [4.78, 5) is 26.5. The van der Waals surface area contributed by atoms with Crippen LogP contribution in [-0.4, -0.2) is 47.0 Å². The van der Waals surface area contributed by atoms with Crippen molar-refractivity contribution in [2.75, 3.05) is 26.1 Å². The van der Waals surface area contributed by atoms with Crippen LogP contribution in [-0.2, 0) is 9.59 Å². The first kappa shape index (κ1) is 19.9. The first-order valence-corrected chi connectivity index (χ1v) is 9.34. The minimum absolute atomic E-state index is 0.208. The lowest BCUT2D eigenvalue weighted by molar-refractivity contribution is -0.126. The molecular formula is C18H17N3O5S2. The number of nitrogens with one attached hydrogen (secondary N) is 1. The number of benzene rings is 1. The van der Waals surface area contributed by atoms with Crippen molar-refractivity contribution in [3.05, 3.63) is 40.5 Å².